The molecule has 1 aromatic heterocycles. The summed E-state index contributed by atoms with van der Waals surface area (Å²) >= 11 is 1.60. The minimum absolute atomic E-state index is 0.145. The zero-order chi connectivity index (χ0) is 16.1. The molecule has 0 aliphatic carbocycles. The molecule has 0 unspecified atom stereocenters. The maximum absolute atomic E-state index is 11.4. The summed E-state index contributed by atoms with van der Waals surface area (Å²) < 4.78 is 0. The van der Waals surface area contributed by atoms with E-state index in [1.807, 2.05) is 66.0 Å². The van der Waals surface area contributed by atoms with E-state index < -0.39 is 0 Å². The number of amides is 1. The van der Waals surface area contributed by atoms with Gasteiger partial charge in [-0.25, -0.2) is 4.98 Å². The number of rotatable bonds is 4. The number of benzene rings is 2. The van der Waals surface area contributed by atoms with Crippen LogP contribution in [0.25, 0.3) is 21.8 Å². The third kappa shape index (κ3) is 3.62. The number of nitrogens with one attached hydrogen (secondary N) is 1. The summed E-state index contributed by atoms with van der Waals surface area (Å²) in [7, 11) is 0. The highest BCUT2D eigenvalue weighted by molar-refractivity contribution is 7.13. The summed E-state index contributed by atoms with van der Waals surface area (Å²) in [4.78, 5) is 16.0. The molecule has 3 aromatic rings. The van der Waals surface area contributed by atoms with Gasteiger partial charge in [0.05, 0.1) is 11.8 Å². The number of carbonyl (C=O) groups excluding carboxylic acids is 1. The molecule has 1 amide bonds. The molecular weight excluding hydrogens is 306 g/mol. The fraction of sp³-hybridized carbons (Fsp3) is 0.0556. The molecule has 2 aromatic carbocycles. The standard InChI is InChI=1S/C18H13N3OS/c19-11-10-17(22)20-15-8-6-13(7-9-15)16-12-23-18(21-16)14-4-2-1-3-5-14/h1-9,12H,10H2,(H,20,22). The summed E-state index contributed by atoms with van der Waals surface area (Å²) in [5.41, 5.74) is 3.67. The Morgan fingerprint density at radius 3 is 2.52 bits per heavy atom. The maximum Gasteiger partial charge on any atom is 0.238 e. The fourth-order valence-corrected chi connectivity index (χ4v) is 2.96. The van der Waals surface area contributed by atoms with Gasteiger partial charge < -0.3 is 5.32 Å². The van der Waals surface area contributed by atoms with E-state index in [1.54, 1.807) is 11.3 Å². The first-order valence-corrected chi connectivity index (χ1v) is 7.92. The summed E-state index contributed by atoms with van der Waals surface area (Å²) in [5.74, 6) is -0.305. The number of nitrogens with zero attached hydrogens (tertiary/aromatic N) is 2. The van der Waals surface area contributed by atoms with Crippen LogP contribution in [0.1, 0.15) is 6.42 Å². The second-order valence-corrected chi connectivity index (χ2v) is 5.72. The van der Waals surface area contributed by atoms with Gasteiger partial charge in [-0.15, -0.1) is 11.3 Å². The highest BCUT2D eigenvalue weighted by atomic mass is 32.1. The molecule has 0 radical (unpaired) electrons. The van der Waals surface area contributed by atoms with Crippen molar-refractivity contribution < 1.29 is 4.79 Å². The molecule has 0 aliphatic heterocycles. The average Bonchev–Trinajstić information content (AvgIpc) is 3.07. The van der Waals surface area contributed by atoms with E-state index in [-0.39, 0.29) is 12.3 Å². The van der Waals surface area contributed by atoms with Crippen molar-refractivity contribution in [2.24, 2.45) is 0 Å². The van der Waals surface area contributed by atoms with Crippen molar-refractivity contribution in [2.75, 3.05) is 5.32 Å². The van der Waals surface area contributed by atoms with Crippen LogP contribution in [0.15, 0.2) is 60.0 Å². The van der Waals surface area contributed by atoms with Crippen LogP contribution in [-0.2, 0) is 4.79 Å². The molecule has 0 bridgehead atoms. The third-order valence-electron chi connectivity index (χ3n) is 3.23. The molecular formula is C18H13N3OS. The first-order chi connectivity index (χ1) is 11.3. The maximum atomic E-state index is 11.4. The number of aromatic nitrogens is 1. The Kier molecular flexibility index (Phi) is 4.46. The monoisotopic (exact) mass is 319 g/mol. The molecule has 0 aliphatic rings. The van der Waals surface area contributed by atoms with Gasteiger partial charge in [0.25, 0.3) is 0 Å². The zero-order valence-corrected chi connectivity index (χ0v) is 13.0. The van der Waals surface area contributed by atoms with Crippen LogP contribution in [0.2, 0.25) is 0 Å². The van der Waals surface area contributed by atoms with E-state index in [1.165, 1.54) is 0 Å². The van der Waals surface area contributed by atoms with Gasteiger partial charge >= 0.3 is 0 Å². The number of hydrogen-bond donors (Lipinski definition) is 1. The lowest BCUT2D eigenvalue weighted by Crippen LogP contribution is -2.09. The van der Waals surface area contributed by atoms with Crippen LogP contribution in [0.5, 0.6) is 0 Å². The Labute approximate surface area is 138 Å². The lowest BCUT2D eigenvalue weighted by molar-refractivity contribution is -0.115. The van der Waals surface area contributed by atoms with Crippen molar-refractivity contribution in [2.45, 2.75) is 6.42 Å². The number of nitriles is 1. The molecule has 5 heteroatoms. The van der Waals surface area contributed by atoms with Gasteiger partial charge in [0, 0.05) is 22.2 Å². The highest BCUT2D eigenvalue weighted by Gasteiger charge is 2.07. The van der Waals surface area contributed by atoms with E-state index in [2.05, 4.69) is 10.3 Å². The SMILES string of the molecule is N#CCC(=O)Nc1ccc(-c2csc(-c3ccccc3)n2)cc1. The lowest BCUT2D eigenvalue weighted by Gasteiger charge is -2.03. The van der Waals surface area contributed by atoms with Crippen LogP contribution in [-0.4, -0.2) is 10.9 Å². The van der Waals surface area contributed by atoms with Crippen LogP contribution in [0.3, 0.4) is 0 Å². The van der Waals surface area contributed by atoms with E-state index in [0.717, 1.165) is 21.8 Å². The van der Waals surface area contributed by atoms with Gasteiger partial charge in [-0.05, 0) is 12.1 Å². The number of thiazole rings is 1. The van der Waals surface area contributed by atoms with Gasteiger partial charge in [0.2, 0.25) is 5.91 Å². The number of carbonyl (C=O) groups is 1. The normalized spacial score (nSPS) is 10.0. The largest absolute Gasteiger partial charge is 0.325 e. The van der Waals surface area contributed by atoms with Crippen LogP contribution in [0, 0.1) is 11.3 Å². The molecule has 112 valence electrons. The van der Waals surface area contributed by atoms with Crippen LogP contribution >= 0.6 is 11.3 Å². The molecule has 3 rings (SSSR count). The van der Waals surface area contributed by atoms with E-state index in [9.17, 15) is 4.79 Å². The molecule has 1 N–H and O–H groups in total. The Morgan fingerprint density at radius 2 is 1.83 bits per heavy atom. The second kappa shape index (κ2) is 6.86. The van der Waals surface area contributed by atoms with Gasteiger partial charge in [0.15, 0.2) is 0 Å². The lowest BCUT2D eigenvalue weighted by atomic mass is 10.1. The highest BCUT2D eigenvalue weighted by Crippen LogP contribution is 2.29. The molecule has 0 saturated heterocycles. The van der Waals surface area contributed by atoms with Crippen molar-refractivity contribution in [3.63, 3.8) is 0 Å². The average molecular weight is 319 g/mol. The smallest absolute Gasteiger partial charge is 0.238 e. The van der Waals surface area contributed by atoms with E-state index >= 15 is 0 Å². The number of hydrogen-bond acceptors (Lipinski definition) is 4. The summed E-state index contributed by atoms with van der Waals surface area (Å²) in [6, 6.07) is 19.3. The summed E-state index contributed by atoms with van der Waals surface area (Å²) in [6.45, 7) is 0. The predicted octanol–water partition coefficient (Wildman–Crippen LogP) is 4.33. The van der Waals surface area contributed by atoms with Gasteiger partial charge in [-0.2, -0.15) is 5.26 Å². The topological polar surface area (TPSA) is 65.8 Å². The minimum Gasteiger partial charge on any atom is -0.325 e. The Morgan fingerprint density at radius 1 is 1.09 bits per heavy atom. The quantitative estimate of drug-likeness (QED) is 0.778. The molecule has 23 heavy (non-hydrogen) atoms. The first-order valence-electron chi connectivity index (χ1n) is 7.04. The second-order valence-electron chi connectivity index (χ2n) is 4.86. The van der Waals surface area contributed by atoms with Gasteiger partial charge in [-0.3, -0.25) is 4.79 Å². The zero-order valence-electron chi connectivity index (χ0n) is 12.2. The van der Waals surface area contributed by atoms with Crippen molar-refractivity contribution >= 4 is 22.9 Å². The van der Waals surface area contributed by atoms with Gasteiger partial charge in [-0.1, -0.05) is 42.5 Å². The van der Waals surface area contributed by atoms with Crippen molar-refractivity contribution in [3.8, 4) is 27.9 Å². The minimum atomic E-state index is -0.305. The summed E-state index contributed by atoms with van der Waals surface area (Å²) in [5, 5.41) is 14.2. The molecule has 0 fully saturated rings. The molecule has 0 saturated carbocycles. The van der Waals surface area contributed by atoms with Crippen molar-refractivity contribution in [3.05, 3.63) is 60.0 Å². The van der Waals surface area contributed by atoms with Gasteiger partial charge in [0.1, 0.15) is 11.4 Å². The van der Waals surface area contributed by atoms with E-state index in [0.29, 0.717) is 5.69 Å². The summed E-state index contributed by atoms with van der Waals surface area (Å²) in [6.07, 6.45) is -0.145. The first kappa shape index (κ1) is 14.9. The van der Waals surface area contributed by atoms with E-state index in [4.69, 9.17) is 5.26 Å². The third-order valence-corrected chi connectivity index (χ3v) is 4.12. The van der Waals surface area contributed by atoms with Crippen LogP contribution in [0.4, 0.5) is 5.69 Å². The number of anilines is 1. The molecule has 0 spiro atoms. The fourth-order valence-electron chi connectivity index (χ4n) is 2.12. The van der Waals surface area contributed by atoms with Crippen molar-refractivity contribution in [1.82, 2.24) is 4.98 Å². The predicted molar refractivity (Wildman–Crippen MR) is 91.8 cm³/mol. The Bertz CT molecular complexity index is 848. The van der Waals surface area contributed by atoms with Crippen molar-refractivity contribution in [1.29, 1.82) is 5.26 Å². The Balaban J connectivity index is 1.77. The molecule has 0 atom stereocenters. The molecule has 1 heterocycles. The molecule has 4 nitrogen and oxygen atoms in total. The Hall–Kier alpha value is -2.97. The van der Waals surface area contributed by atoms with Crippen LogP contribution < -0.4 is 5.32 Å².